The summed E-state index contributed by atoms with van der Waals surface area (Å²) in [5.74, 6) is 0.0215. The molecule has 3 amide bonds. The maximum Gasteiger partial charge on any atom is 0.320 e. The molecule has 1 N–H and O–H groups in total. The van der Waals surface area contributed by atoms with Gasteiger partial charge in [-0.25, -0.2) is 4.79 Å². The van der Waals surface area contributed by atoms with E-state index in [0.717, 1.165) is 29.9 Å². The van der Waals surface area contributed by atoms with E-state index in [0.29, 0.717) is 44.6 Å². The standard InChI is InChI=1S/C32H35N5O2/c1-25(27-8-4-2-5-9-27)34-30(38)32(28-10-6-3-7-11-28)16-18-36(19-17-32)31(39)37-22-20-35(21-23-37)29-14-12-26(24-33)13-15-29/h2-15,25H,16-23H2,1H3,(H,34,38). The van der Waals surface area contributed by atoms with Crippen molar-refractivity contribution in [3.63, 3.8) is 0 Å². The molecule has 2 fully saturated rings. The van der Waals surface area contributed by atoms with Crippen LogP contribution in [0.4, 0.5) is 10.5 Å². The summed E-state index contributed by atoms with van der Waals surface area (Å²) in [6, 6.07) is 29.7. The van der Waals surface area contributed by atoms with Gasteiger partial charge in [-0.3, -0.25) is 4.79 Å². The van der Waals surface area contributed by atoms with E-state index in [1.807, 2.05) is 102 Å². The second-order valence-corrected chi connectivity index (χ2v) is 10.5. The van der Waals surface area contributed by atoms with Crippen LogP contribution in [0.25, 0.3) is 0 Å². The minimum atomic E-state index is -0.671. The van der Waals surface area contributed by atoms with Crippen molar-refractivity contribution >= 4 is 17.6 Å². The molecule has 1 atom stereocenters. The fourth-order valence-electron chi connectivity index (χ4n) is 5.75. The molecule has 0 aromatic heterocycles. The summed E-state index contributed by atoms with van der Waals surface area (Å²) >= 11 is 0. The molecule has 3 aromatic rings. The predicted molar refractivity (Wildman–Crippen MR) is 152 cm³/mol. The Morgan fingerprint density at radius 2 is 1.36 bits per heavy atom. The molecule has 0 bridgehead atoms. The van der Waals surface area contributed by atoms with Gasteiger partial charge in [-0.05, 0) is 55.2 Å². The number of likely N-dealkylation sites (tertiary alicyclic amines) is 1. The lowest BCUT2D eigenvalue weighted by atomic mass is 9.71. The van der Waals surface area contributed by atoms with Crippen molar-refractivity contribution in [1.82, 2.24) is 15.1 Å². The summed E-state index contributed by atoms with van der Waals surface area (Å²) in [6.07, 6.45) is 1.17. The number of hydrogen-bond donors (Lipinski definition) is 1. The zero-order valence-electron chi connectivity index (χ0n) is 22.4. The number of hydrogen-bond acceptors (Lipinski definition) is 4. The molecule has 2 aliphatic rings. The average molecular weight is 522 g/mol. The van der Waals surface area contributed by atoms with Gasteiger partial charge in [-0.15, -0.1) is 0 Å². The summed E-state index contributed by atoms with van der Waals surface area (Å²) < 4.78 is 0. The molecule has 39 heavy (non-hydrogen) atoms. The number of nitriles is 1. The number of amides is 3. The van der Waals surface area contributed by atoms with Crippen LogP contribution in [0.2, 0.25) is 0 Å². The quantitative estimate of drug-likeness (QED) is 0.527. The Morgan fingerprint density at radius 3 is 1.95 bits per heavy atom. The minimum absolute atomic E-state index is 0.0215. The molecule has 1 unspecified atom stereocenters. The van der Waals surface area contributed by atoms with E-state index in [1.54, 1.807) is 0 Å². The van der Waals surface area contributed by atoms with Crippen LogP contribution < -0.4 is 10.2 Å². The maximum atomic E-state index is 13.8. The smallest absolute Gasteiger partial charge is 0.320 e. The number of urea groups is 1. The lowest BCUT2D eigenvalue weighted by Crippen LogP contribution is -2.57. The fourth-order valence-corrected chi connectivity index (χ4v) is 5.75. The van der Waals surface area contributed by atoms with Crippen LogP contribution in [0.1, 0.15) is 42.5 Å². The van der Waals surface area contributed by atoms with E-state index in [1.165, 1.54) is 0 Å². The van der Waals surface area contributed by atoms with Gasteiger partial charge < -0.3 is 20.0 Å². The zero-order valence-corrected chi connectivity index (χ0v) is 22.4. The highest BCUT2D eigenvalue weighted by Gasteiger charge is 2.44. The van der Waals surface area contributed by atoms with Crippen molar-refractivity contribution in [1.29, 1.82) is 5.26 Å². The van der Waals surface area contributed by atoms with Crippen LogP contribution in [0.5, 0.6) is 0 Å². The molecule has 0 saturated carbocycles. The van der Waals surface area contributed by atoms with E-state index < -0.39 is 5.41 Å². The first-order chi connectivity index (χ1) is 19.0. The van der Waals surface area contributed by atoms with Crippen molar-refractivity contribution in [2.75, 3.05) is 44.2 Å². The van der Waals surface area contributed by atoms with E-state index in [9.17, 15) is 9.59 Å². The number of piperidine rings is 1. The molecule has 0 aliphatic carbocycles. The van der Waals surface area contributed by atoms with Gasteiger partial charge in [0.15, 0.2) is 0 Å². The van der Waals surface area contributed by atoms with Gasteiger partial charge >= 0.3 is 6.03 Å². The summed E-state index contributed by atoms with van der Waals surface area (Å²) in [6.45, 7) is 5.89. The fraction of sp³-hybridized carbons (Fsp3) is 0.344. The predicted octanol–water partition coefficient (Wildman–Crippen LogP) is 4.71. The monoisotopic (exact) mass is 521 g/mol. The number of rotatable bonds is 5. The summed E-state index contributed by atoms with van der Waals surface area (Å²) in [7, 11) is 0. The molecule has 200 valence electrons. The van der Waals surface area contributed by atoms with Gasteiger partial charge in [-0.1, -0.05) is 60.7 Å². The molecule has 2 heterocycles. The second-order valence-electron chi connectivity index (χ2n) is 10.5. The van der Waals surface area contributed by atoms with E-state index in [4.69, 9.17) is 5.26 Å². The first-order valence-electron chi connectivity index (χ1n) is 13.7. The van der Waals surface area contributed by atoms with Crippen LogP contribution in [-0.2, 0) is 10.2 Å². The van der Waals surface area contributed by atoms with Crippen LogP contribution in [0, 0.1) is 11.3 Å². The van der Waals surface area contributed by atoms with Gasteiger partial charge in [0, 0.05) is 45.0 Å². The van der Waals surface area contributed by atoms with Crippen LogP contribution in [-0.4, -0.2) is 61.0 Å². The van der Waals surface area contributed by atoms with Gasteiger partial charge in [0.05, 0.1) is 23.1 Å². The van der Waals surface area contributed by atoms with Crippen molar-refractivity contribution in [2.24, 2.45) is 0 Å². The Bertz CT molecular complexity index is 1300. The first kappa shape index (κ1) is 26.3. The van der Waals surface area contributed by atoms with Crippen molar-refractivity contribution in [2.45, 2.75) is 31.2 Å². The second kappa shape index (κ2) is 11.6. The van der Waals surface area contributed by atoms with E-state index >= 15 is 0 Å². The van der Waals surface area contributed by atoms with Crippen molar-refractivity contribution < 1.29 is 9.59 Å². The molecular weight excluding hydrogens is 486 g/mol. The Kier molecular flexibility index (Phi) is 7.83. The highest BCUT2D eigenvalue weighted by atomic mass is 16.2. The number of benzene rings is 3. The average Bonchev–Trinajstić information content (AvgIpc) is 3.01. The number of carbonyl (C=O) groups excluding carboxylic acids is 2. The Balaban J connectivity index is 1.23. The third kappa shape index (κ3) is 5.61. The zero-order chi connectivity index (χ0) is 27.2. The first-order valence-corrected chi connectivity index (χ1v) is 13.7. The third-order valence-corrected chi connectivity index (χ3v) is 8.21. The van der Waals surface area contributed by atoms with E-state index in [2.05, 4.69) is 16.3 Å². The number of nitrogens with zero attached hydrogens (tertiary/aromatic N) is 4. The van der Waals surface area contributed by atoms with Crippen molar-refractivity contribution in [3.8, 4) is 6.07 Å². The molecule has 7 heteroatoms. The van der Waals surface area contributed by atoms with Crippen LogP contribution in [0.3, 0.4) is 0 Å². The SMILES string of the molecule is CC(NC(=O)C1(c2ccccc2)CCN(C(=O)N2CCN(c3ccc(C#N)cc3)CC2)CC1)c1ccccc1. The van der Waals surface area contributed by atoms with Crippen LogP contribution in [0.15, 0.2) is 84.9 Å². The molecule has 5 rings (SSSR count). The van der Waals surface area contributed by atoms with Crippen LogP contribution >= 0.6 is 0 Å². The van der Waals surface area contributed by atoms with Crippen molar-refractivity contribution in [3.05, 3.63) is 102 Å². The Labute approximate surface area is 230 Å². The number of carbonyl (C=O) groups is 2. The summed E-state index contributed by atoms with van der Waals surface area (Å²) in [5, 5.41) is 12.3. The summed E-state index contributed by atoms with van der Waals surface area (Å²) in [5.41, 5.74) is 3.12. The molecule has 2 aliphatic heterocycles. The van der Waals surface area contributed by atoms with Gasteiger partial charge in [0.1, 0.15) is 0 Å². The molecule has 3 aromatic carbocycles. The highest BCUT2D eigenvalue weighted by Crippen LogP contribution is 2.37. The Hall–Kier alpha value is -4.31. The molecule has 0 spiro atoms. The Morgan fingerprint density at radius 1 is 0.795 bits per heavy atom. The van der Waals surface area contributed by atoms with Gasteiger partial charge in [0.25, 0.3) is 0 Å². The third-order valence-electron chi connectivity index (χ3n) is 8.21. The lowest BCUT2D eigenvalue weighted by molar-refractivity contribution is -0.129. The number of anilines is 1. The molecule has 7 nitrogen and oxygen atoms in total. The molecule has 2 saturated heterocycles. The highest BCUT2D eigenvalue weighted by molar-refractivity contribution is 5.89. The number of nitrogens with one attached hydrogen (secondary N) is 1. The largest absolute Gasteiger partial charge is 0.368 e. The number of piperazine rings is 1. The molecular formula is C32H35N5O2. The normalized spacial score (nSPS) is 17.7. The van der Waals surface area contributed by atoms with Gasteiger partial charge in [-0.2, -0.15) is 5.26 Å². The van der Waals surface area contributed by atoms with E-state index in [-0.39, 0.29) is 18.0 Å². The molecule has 0 radical (unpaired) electrons. The minimum Gasteiger partial charge on any atom is -0.368 e. The summed E-state index contributed by atoms with van der Waals surface area (Å²) in [4.78, 5) is 33.4. The maximum absolute atomic E-state index is 13.8. The topological polar surface area (TPSA) is 79.7 Å². The van der Waals surface area contributed by atoms with Gasteiger partial charge in [0.2, 0.25) is 5.91 Å². The lowest BCUT2D eigenvalue weighted by Gasteiger charge is -2.44.